The summed E-state index contributed by atoms with van der Waals surface area (Å²) in [6.07, 6.45) is 2.21. The molecule has 3 rings (SSSR count). The minimum Gasteiger partial charge on any atom is -0.469 e. The quantitative estimate of drug-likeness (QED) is 0.769. The number of nitrogens with one attached hydrogen (secondary N) is 2. The Hall–Kier alpha value is -2.82. The van der Waals surface area contributed by atoms with Gasteiger partial charge < -0.3 is 14.7 Å². The summed E-state index contributed by atoms with van der Waals surface area (Å²) in [5.74, 6) is 0.551. The second kappa shape index (κ2) is 5.66. The van der Waals surface area contributed by atoms with Crippen molar-refractivity contribution in [3.8, 4) is 0 Å². The van der Waals surface area contributed by atoms with Gasteiger partial charge in [0.05, 0.1) is 11.8 Å². The van der Waals surface area contributed by atoms with E-state index in [2.05, 4.69) is 10.3 Å². The summed E-state index contributed by atoms with van der Waals surface area (Å²) < 4.78 is 5.20. The van der Waals surface area contributed by atoms with Gasteiger partial charge in [-0.15, -0.1) is 0 Å². The number of amides is 1. The summed E-state index contributed by atoms with van der Waals surface area (Å²) in [5, 5.41) is 3.53. The lowest BCUT2D eigenvalue weighted by molar-refractivity contribution is 0.0955. The summed E-state index contributed by atoms with van der Waals surface area (Å²) in [5.41, 5.74) is 0.750. The largest absolute Gasteiger partial charge is 0.469 e. The first-order valence-corrected chi connectivity index (χ1v) is 6.67. The predicted molar refractivity (Wildman–Crippen MR) is 79.3 cm³/mol. The minimum atomic E-state index is -0.287. The fraction of sp³-hybridized carbons (Fsp3) is 0.125. The molecule has 0 fully saturated rings. The SMILES string of the molecule is O=C(NCCc1ccco1)c1cc(=O)[nH]c2ccccc12. The van der Waals surface area contributed by atoms with E-state index in [1.165, 1.54) is 6.07 Å². The van der Waals surface area contributed by atoms with Gasteiger partial charge in [-0.25, -0.2) is 0 Å². The first-order valence-electron chi connectivity index (χ1n) is 6.67. The number of pyridine rings is 1. The molecule has 106 valence electrons. The number of H-pyrrole nitrogens is 1. The Balaban J connectivity index is 1.79. The molecule has 0 saturated carbocycles. The van der Waals surface area contributed by atoms with Crippen molar-refractivity contribution in [3.63, 3.8) is 0 Å². The van der Waals surface area contributed by atoms with Gasteiger partial charge in [-0.2, -0.15) is 0 Å². The van der Waals surface area contributed by atoms with Crippen molar-refractivity contribution in [2.24, 2.45) is 0 Å². The highest BCUT2D eigenvalue weighted by Crippen LogP contribution is 2.14. The van der Waals surface area contributed by atoms with Crippen LogP contribution >= 0.6 is 0 Å². The average Bonchev–Trinajstić information content (AvgIpc) is 2.99. The number of carbonyl (C=O) groups excluding carboxylic acids is 1. The normalized spacial score (nSPS) is 10.7. The summed E-state index contributed by atoms with van der Waals surface area (Å²) in [7, 11) is 0. The number of aromatic nitrogens is 1. The summed E-state index contributed by atoms with van der Waals surface area (Å²) in [4.78, 5) is 26.6. The molecule has 5 heteroatoms. The maximum atomic E-state index is 12.2. The van der Waals surface area contributed by atoms with Crippen LogP contribution in [0.25, 0.3) is 10.9 Å². The van der Waals surface area contributed by atoms with Crippen LogP contribution in [0.2, 0.25) is 0 Å². The van der Waals surface area contributed by atoms with Crippen molar-refractivity contribution < 1.29 is 9.21 Å². The van der Waals surface area contributed by atoms with Crippen LogP contribution in [0.5, 0.6) is 0 Å². The number of hydrogen-bond acceptors (Lipinski definition) is 3. The molecule has 0 radical (unpaired) electrons. The number of carbonyl (C=O) groups is 1. The van der Waals surface area contributed by atoms with Gasteiger partial charge in [0.2, 0.25) is 5.56 Å². The Bertz CT molecular complexity index is 819. The zero-order valence-corrected chi connectivity index (χ0v) is 11.3. The second-order valence-electron chi connectivity index (χ2n) is 4.68. The van der Waals surface area contributed by atoms with Crippen LogP contribution in [0.1, 0.15) is 16.1 Å². The van der Waals surface area contributed by atoms with Crippen LogP contribution in [0.15, 0.2) is 57.9 Å². The molecule has 0 saturated heterocycles. The number of para-hydroxylation sites is 1. The lowest BCUT2D eigenvalue weighted by Crippen LogP contribution is -2.27. The smallest absolute Gasteiger partial charge is 0.252 e. The Labute approximate surface area is 120 Å². The molecule has 0 aliphatic heterocycles. The van der Waals surface area contributed by atoms with E-state index >= 15 is 0 Å². The van der Waals surface area contributed by atoms with E-state index in [0.717, 1.165) is 11.1 Å². The van der Waals surface area contributed by atoms with E-state index in [1.54, 1.807) is 18.4 Å². The van der Waals surface area contributed by atoms with Gasteiger partial charge in [-0.3, -0.25) is 9.59 Å². The highest BCUT2D eigenvalue weighted by molar-refractivity contribution is 6.05. The van der Waals surface area contributed by atoms with Crippen LogP contribution in [0, 0.1) is 0 Å². The third kappa shape index (κ3) is 2.86. The maximum Gasteiger partial charge on any atom is 0.252 e. The molecule has 2 N–H and O–H groups in total. The highest BCUT2D eigenvalue weighted by atomic mass is 16.3. The molecular formula is C16H14N2O3. The molecule has 0 atom stereocenters. The van der Waals surface area contributed by atoms with E-state index in [9.17, 15) is 9.59 Å². The molecular weight excluding hydrogens is 268 g/mol. The zero-order chi connectivity index (χ0) is 14.7. The van der Waals surface area contributed by atoms with Crippen molar-refractivity contribution in [1.82, 2.24) is 10.3 Å². The topological polar surface area (TPSA) is 75.1 Å². The molecule has 0 aliphatic rings. The number of hydrogen-bond donors (Lipinski definition) is 2. The van der Waals surface area contributed by atoms with Crippen molar-refractivity contribution in [3.05, 3.63) is 70.4 Å². The zero-order valence-electron chi connectivity index (χ0n) is 11.3. The molecule has 0 aliphatic carbocycles. The number of aromatic amines is 1. The van der Waals surface area contributed by atoms with E-state index in [1.807, 2.05) is 24.3 Å². The van der Waals surface area contributed by atoms with Crippen LogP contribution in [-0.4, -0.2) is 17.4 Å². The Morgan fingerprint density at radius 2 is 2.05 bits per heavy atom. The molecule has 0 spiro atoms. The number of furan rings is 1. The van der Waals surface area contributed by atoms with Crippen LogP contribution in [-0.2, 0) is 6.42 Å². The standard InChI is InChI=1S/C16H14N2O3/c19-15-10-13(12-5-1-2-6-14(12)18-15)16(20)17-8-7-11-4-3-9-21-11/h1-6,9-10H,7-8H2,(H,17,20)(H,18,19). The second-order valence-corrected chi connectivity index (χ2v) is 4.68. The van der Waals surface area contributed by atoms with E-state index in [0.29, 0.717) is 24.0 Å². The van der Waals surface area contributed by atoms with Crippen LogP contribution in [0.3, 0.4) is 0 Å². The molecule has 1 aromatic carbocycles. The summed E-state index contributed by atoms with van der Waals surface area (Å²) in [6.45, 7) is 0.452. The predicted octanol–water partition coefficient (Wildman–Crippen LogP) is 2.09. The van der Waals surface area contributed by atoms with Gasteiger partial charge in [0.1, 0.15) is 5.76 Å². The van der Waals surface area contributed by atoms with Gasteiger partial charge in [0, 0.05) is 29.9 Å². The third-order valence-corrected chi connectivity index (χ3v) is 3.23. The summed E-state index contributed by atoms with van der Waals surface area (Å²) in [6, 6.07) is 12.2. The lowest BCUT2D eigenvalue weighted by Gasteiger charge is -2.07. The fourth-order valence-corrected chi connectivity index (χ4v) is 2.24. The first-order chi connectivity index (χ1) is 10.2. The van der Waals surface area contributed by atoms with Gasteiger partial charge in [0.25, 0.3) is 5.91 Å². The number of fused-ring (bicyclic) bond motifs is 1. The Kier molecular flexibility index (Phi) is 3.55. The lowest BCUT2D eigenvalue weighted by atomic mass is 10.1. The Morgan fingerprint density at radius 3 is 2.86 bits per heavy atom. The number of rotatable bonds is 4. The first kappa shape index (κ1) is 13.2. The fourth-order valence-electron chi connectivity index (χ4n) is 2.24. The van der Waals surface area contributed by atoms with E-state index in [-0.39, 0.29) is 11.5 Å². The molecule has 3 aromatic rings. The van der Waals surface area contributed by atoms with Crippen LogP contribution < -0.4 is 10.9 Å². The van der Waals surface area contributed by atoms with Crippen molar-refractivity contribution >= 4 is 16.8 Å². The van der Waals surface area contributed by atoms with Gasteiger partial charge in [0.15, 0.2) is 0 Å². The van der Waals surface area contributed by atoms with Gasteiger partial charge in [-0.05, 0) is 18.2 Å². The average molecular weight is 282 g/mol. The van der Waals surface area contributed by atoms with Crippen molar-refractivity contribution in [2.45, 2.75) is 6.42 Å². The minimum absolute atomic E-state index is 0.260. The van der Waals surface area contributed by atoms with E-state index in [4.69, 9.17) is 4.42 Å². The third-order valence-electron chi connectivity index (χ3n) is 3.23. The molecule has 0 bridgehead atoms. The monoisotopic (exact) mass is 282 g/mol. The summed E-state index contributed by atoms with van der Waals surface area (Å²) >= 11 is 0. The van der Waals surface area contributed by atoms with Gasteiger partial charge >= 0.3 is 0 Å². The maximum absolute atomic E-state index is 12.2. The molecule has 1 amide bonds. The van der Waals surface area contributed by atoms with E-state index < -0.39 is 0 Å². The molecule has 2 aromatic heterocycles. The van der Waals surface area contributed by atoms with Gasteiger partial charge in [-0.1, -0.05) is 18.2 Å². The Morgan fingerprint density at radius 1 is 1.19 bits per heavy atom. The molecule has 5 nitrogen and oxygen atoms in total. The molecule has 0 unspecified atom stereocenters. The molecule has 21 heavy (non-hydrogen) atoms. The van der Waals surface area contributed by atoms with Crippen molar-refractivity contribution in [2.75, 3.05) is 6.54 Å². The number of benzene rings is 1. The molecule has 2 heterocycles. The van der Waals surface area contributed by atoms with Crippen molar-refractivity contribution in [1.29, 1.82) is 0 Å². The highest BCUT2D eigenvalue weighted by Gasteiger charge is 2.11. The van der Waals surface area contributed by atoms with Crippen LogP contribution in [0.4, 0.5) is 0 Å².